The van der Waals surface area contributed by atoms with Crippen LogP contribution < -0.4 is 5.32 Å². The molecule has 1 unspecified atom stereocenters. The van der Waals surface area contributed by atoms with Crippen LogP contribution in [0.2, 0.25) is 0 Å². The summed E-state index contributed by atoms with van der Waals surface area (Å²) in [5.74, 6) is 0. The molecule has 1 fully saturated rings. The average molecular weight is 378 g/mol. The number of hydrogen-bond acceptors (Lipinski definition) is 5. The van der Waals surface area contributed by atoms with E-state index in [9.17, 15) is 18.5 Å². The summed E-state index contributed by atoms with van der Waals surface area (Å²) in [6.45, 7) is 0.878. The summed E-state index contributed by atoms with van der Waals surface area (Å²) in [4.78, 5) is 10.3. The summed E-state index contributed by atoms with van der Waals surface area (Å²) >= 11 is 3.05. The molecule has 0 bridgehead atoms. The predicted octanol–water partition coefficient (Wildman–Crippen LogP) is 1.73. The van der Waals surface area contributed by atoms with E-state index in [0.29, 0.717) is 13.1 Å². The molecule has 0 amide bonds. The third kappa shape index (κ3) is 3.42. The van der Waals surface area contributed by atoms with Gasteiger partial charge in [0.15, 0.2) is 0 Å². The number of benzene rings is 1. The zero-order valence-electron chi connectivity index (χ0n) is 11.5. The lowest BCUT2D eigenvalue weighted by Gasteiger charge is -2.31. The SMILES string of the molecule is CNC1CCCN(S(=O)(=O)c2ccc([N+](=O)[O-])c(Br)c2)C1. The van der Waals surface area contributed by atoms with Gasteiger partial charge in [-0.25, -0.2) is 8.42 Å². The smallest absolute Gasteiger partial charge is 0.283 e. The van der Waals surface area contributed by atoms with Crippen molar-refractivity contribution < 1.29 is 13.3 Å². The van der Waals surface area contributed by atoms with Gasteiger partial charge < -0.3 is 5.32 Å². The van der Waals surface area contributed by atoms with Crippen molar-refractivity contribution in [3.8, 4) is 0 Å². The van der Waals surface area contributed by atoms with E-state index in [2.05, 4.69) is 21.2 Å². The molecule has 1 saturated heterocycles. The third-order valence-corrected chi connectivity index (χ3v) is 6.04. The number of likely N-dealkylation sites (N-methyl/N-ethyl adjacent to an activating group) is 1. The van der Waals surface area contributed by atoms with Gasteiger partial charge in [-0.2, -0.15) is 4.31 Å². The Labute approximate surface area is 131 Å². The van der Waals surface area contributed by atoms with Crippen molar-refractivity contribution in [3.05, 3.63) is 32.8 Å². The first-order valence-corrected chi connectivity index (χ1v) is 8.71. The molecule has 7 nitrogen and oxygen atoms in total. The van der Waals surface area contributed by atoms with E-state index < -0.39 is 14.9 Å². The van der Waals surface area contributed by atoms with Gasteiger partial charge in [0, 0.05) is 25.2 Å². The summed E-state index contributed by atoms with van der Waals surface area (Å²) in [6, 6.07) is 3.91. The lowest BCUT2D eigenvalue weighted by molar-refractivity contribution is -0.385. The molecule has 2 rings (SSSR count). The molecular formula is C12H16BrN3O4S. The Morgan fingerprint density at radius 1 is 1.48 bits per heavy atom. The fourth-order valence-corrected chi connectivity index (χ4v) is 4.57. The first-order chi connectivity index (χ1) is 9.86. The van der Waals surface area contributed by atoms with E-state index in [1.165, 1.54) is 22.5 Å². The minimum absolute atomic E-state index is 0.0664. The van der Waals surface area contributed by atoms with E-state index in [1.807, 2.05) is 7.05 Å². The summed E-state index contributed by atoms with van der Waals surface area (Å²) in [7, 11) is -1.82. The van der Waals surface area contributed by atoms with Gasteiger partial charge in [0.2, 0.25) is 10.0 Å². The number of halogens is 1. The largest absolute Gasteiger partial charge is 0.316 e. The highest BCUT2D eigenvalue weighted by molar-refractivity contribution is 9.10. The molecule has 0 aliphatic carbocycles. The monoisotopic (exact) mass is 377 g/mol. The highest BCUT2D eigenvalue weighted by atomic mass is 79.9. The maximum Gasteiger partial charge on any atom is 0.283 e. The van der Waals surface area contributed by atoms with Crippen LogP contribution in [0.25, 0.3) is 0 Å². The first-order valence-electron chi connectivity index (χ1n) is 6.47. The van der Waals surface area contributed by atoms with Crippen molar-refractivity contribution in [3.63, 3.8) is 0 Å². The number of rotatable bonds is 4. The van der Waals surface area contributed by atoms with Crippen LogP contribution in [0.3, 0.4) is 0 Å². The molecule has 1 heterocycles. The highest BCUT2D eigenvalue weighted by Crippen LogP contribution is 2.29. The van der Waals surface area contributed by atoms with Crippen molar-refractivity contribution in [1.82, 2.24) is 9.62 Å². The van der Waals surface area contributed by atoms with E-state index in [0.717, 1.165) is 12.8 Å². The molecule has 1 aromatic carbocycles. The molecule has 21 heavy (non-hydrogen) atoms. The Morgan fingerprint density at radius 2 is 2.19 bits per heavy atom. The van der Waals surface area contributed by atoms with Crippen LogP contribution >= 0.6 is 15.9 Å². The minimum atomic E-state index is -3.63. The molecule has 0 radical (unpaired) electrons. The van der Waals surface area contributed by atoms with Crippen LogP contribution in [0, 0.1) is 10.1 Å². The number of nitro benzene ring substituents is 1. The molecule has 1 aliphatic rings. The second kappa shape index (κ2) is 6.39. The number of sulfonamides is 1. The minimum Gasteiger partial charge on any atom is -0.316 e. The van der Waals surface area contributed by atoms with Gasteiger partial charge in [0.05, 0.1) is 14.3 Å². The zero-order valence-corrected chi connectivity index (χ0v) is 13.9. The van der Waals surface area contributed by atoms with Gasteiger partial charge >= 0.3 is 0 Å². The Hall–Kier alpha value is -1.03. The molecule has 0 aromatic heterocycles. The van der Waals surface area contributed by atoms with Gasteiger partial charge in [-0.05, 0) is 48.0 Å². The number of nitrogens with one attached hydrogen (secondary N) is 1. The fourth-order valence-electron chi connectivity index (χ4n) is 2.34. The van der Waals surface area contributed by atoms with Crippen LogP contribution in [0.15, 0.2) is 27.6 Å². The van der Waals surface area contributed by atoms with E-state index in [4.69, 9.17) is 0 Å². The summed E-state index contributed by atoms with van der Waals surface area (Å²) in [6.07, 6.45) is 1.73. The van der Waals surface area contributed by atoms with Crippen LogP contribution in [-0.4, -0.2) is 43.8 Å². The number of piperidine rings is 1. The van der Waals surface area contributed by atoms with Crippen LogP contribution in [-0.2, 0) is 10.0 Å². The number of nitrogens with zero attached hydrogens (tertiary/aromatic N) is 2. The molecule has 1 atom stereocenters. The molecule has 1 N–H and O–H groups in total. The van der Waals surface area contributed by atoms with E-state index in [-0.39, 0.29) is 21.1 Å². The first kappa shape index (κ1) is 16.3. The zero-order chi connectivity index (χ0) is 15.6. The van der Waals surface area contributed by atoms with Crippen LogP contribution in [0.1, 0.15) is 12.8 Å². The number of hydrogen-bond donors (Lipinski definition) is 1. The maximum absolute atomic E-state index is 12.6. The Kier molecular flexibility index (Phi) is 4.97. The number of nitro groups is 1. The average Bonchev–Trinajstić information content (AvgIpc) is 2.46. The van der Waals surface area contributed by atoms with Crippen molar-refractivity contribution in [2.75, 3.05) is 20.1 Å². The molecule has 9 heteroatoms. The normalized spacial score (nSPS) is 20.4. The lowest BCUT2D eigenvalue weighted by Crippen LogP contribution is -2.46. The molecule has 116 valence electrons. The van der Waals surface area contributed by atoms with E-state index in [1.54, 1.807) is 0 Å². The van der Waals surface area contributed by atoms with Gasteiger partial charge in [-0.1, -0.05) is 0 Å². The molecule has 1 aromatic rings. The summed E-state index contributed by atoms with van der Waals surface area (Å²) in [5, 5.41) is 13.9. The molecule has 0 spiro atoms. The van der Waals surface area contributed by atoms with Crippen LogP contribution in [0.4, 0.5) is 5.69 Å². The highest BCUT2D eigenvalue weighted by Gasteiger charge is 2.30. The Morgan fingerprint density at radius 3 is 2.76 bits per heavy atom. The second-order valence-electron chi connectivity index (χ2n) is 4.86. The third-order valence-electron chi connectivity index (χ3n) is 3.55. The molecule has 0 saturated carbocycles. The quantitative estimate of drug-likeness (QED) is 0.636. The van der Waals surface area contributed by atoms with Crippen molar-refractivity contribution >= 4 is 31.6 Å². The Balaban J connectivity index is 2.31. The van der Waals surface area contributed by atoms with Gasteiger partial charge in [-0.15, -0.1) is 0 Å². The molecular weight excluding hydrogens is 362 g/mol. The van der Waals surface area contributed by atoms with E-state index >= 15 is 0 Å². The van der Waals surface area contributed by atoms with Crippen LogP contribution in [0.5, 0.6) is 0 Å². The fraction of sp³-hybridized carbons (Fsp3) is 0.500. The second-order valence-corrected chi connectivity index (χ2v) is 7.65. The van der Waals surface area contributed by atoms with Crippen molar-refractivity contribution in [2.24, 2.45) is 0 Å². The van der Waals surface area contributed by atoms with Crippen molar-refractivity contribution in [1.29, 1.82) is 0 Å². The molecule has 1 aliphatic heterocycles. The standard InChI is InChI=1S/C12H16BrN3O4S/c1-14-9-3-2-6-15(8-9)21(19,20)10-4-5-12(16(17)18)11(13)7-10/h4-5,7,9,14H,2-3,6,8H2,1H3. The summed E-state index contributed by atoms with van der Waals surface area (Å²) in [5.41, 5.74) is -0.152. The summed E-state index contributed by atoms with van der Waals surface area (Å²) < 4.78 is 26.8. The van der Waals surface area contributed by atoms with Crippen molar-refractivity contribution in [2.45, 2.75) is 23.8 Å². The van der Waals surface area contributed by atoms with Gasteiger partial charge in [0.25, 0.3) is 5.69 Å². The lowest BCUT2D eigenvalue weighted by atomic mass is 10.1. The maximum atomic E-state index is 12.6. The topological polar surface area (TPSA) is 92.6 Å². The van der Waals surface area contributed by atoms with Gasteiger partial charge in [0.1, 0.15) is 0 Å². The Bertz CT molecular complexity index is 650. The van der Waals surface area contributed by atoms with Gasteiger partial charge in [-0.3, -0.25) is 10.1 Å². The predicted molar refractivity (Wildman–Crippen MR) is 81.6 cm³/mol.